The van der Waals surface area contributed by atoms with E-state index in [1.54, 1.807) is 30.3 Å². The lowest BCUT2D eigenvalue weighted by atomic mass is 10.2. The Morgan fingerprint density at radius 2 is 1.96 bits per heavy atom. The highest BCUT2D eigenvalue weighted by Crippen LogP contribution is 2.26. The van der Waals surface area contributed by atoms with E-state index < -0.39 is 0 Å². The minimum atomic E-state index is -0.385. The fourth-order valence-corrected chi connectivity index (χ4v) is 2.39. The maximum atomic E-state index is 13.7. The summed E-state index contributed by atoms with van der Waals surface area (Å²) in [6.45, 7) is 5.35. The quantitative estimate of drug-likeness (QED) is 0.488. The minimum Gasteiger partial charge on any atom is -0.504 e. The third kappa shape index (κ3) is 6.36. The van der Waals surface area contributed by atoms with Crippen LogP contribution in [0.5, 0.6) is 17.2 Å². The van der Waals surface area contributed by atoms with Crippen molar-refractivity contribution < 1.29 is 19.0 Å². The summed E-state index contributed by atoms with van der Waals surface area (Å²) < 4.78 is 24.3. The number of para-hydroxylation sites is 1. The summed E-state index contributed by atoms with van der Waals surface area (Å²) in [4.78, 5) is 4.49. The van der Waals surface area contributed by atoms with Crippen molar-refractivity contribution >= 4 is 5.96 Å². The van der Waals surface area contributed by atoms with Crippen LogP contribution in [0.3, 0.4) is 0 Å². The molecule has 3 N–H and O–H groups in total. The second-order valence-electron chi connectivity index (χ2n) is 5.94. The van der Waals surface area contributed by atoms with E-state index in [0.29, 0.717) is 31.3 Å². The summed E-state index contributed by atoms with van der Waals surface area (Å²) in [5, 5.41) is 16.2. The number of phenols is 1. The molecule has 2 aromatic rings. The van der Waals surface area contributed by atoms with E-state index in [1.165, 1.54) is 13.2 Å². The Kier molecular flexibility index (Phi) is 7.73. The van der Waals surface area contributed by atoms with Gasteiger partial charge in [-0.1, -0.05) is 18.2 Å². The molecule has 6 nitrogen and oxygen atoms in total. The van der Waals surface area contributed by atoms with E-state index in [-0.39, 0.29) is 23.4 Å². The number of hydrogen-bond acceptors (Lipinski definition) is 4. The van der Waals surface area contributed by atoms with Crippen molar-refractivity contribution in [3.8, 4) is 17.2 Å². The number of rotatable bonds is 8. The first-order valence-corrected chi connectivity index (χ1v) is 8.82. The molecule has 27 heavy (non-hydrogen) atoms. The minimum absolute atomic E-state index is 0.0788. The molecule has 0 aromatic heterocycles. The van der Waals surface area contributed by atoms with Gasteiger partial charge in [-0.05, 0) is 43.7 Å². The molecular weight excluding hydrogens is 349 g/mol. The van der Waals surface area contributed by atoms with E-state index in [0.717, 1.165) is 5.56 Å². The number of benzene rings is 2. The van der Waals surface area contributed by atoms with Crippen LogP contribution in [0.15, 0.2) is 47.5 Å². The van der Waals surface area contributed by atoms with Gasteiger partial charge in [0.25, 0.3) is 0 Å². The second-order valence-corrected chi connectivity index (χ2v) is 5.94. The number of hydrogen-bond donors (Lipinski definition) is 3. The lowest BCUT2D eigenvalue weighted by molar-refractivity contribution is 0.214. The first-order valence-electron chi connectivity index (χ1n) is 8.82. The Labute approximate surface area is 159 Å². The van der Waals surface area contributed by atoms with Crippen LogP contribution in [0, 0.1) is 5.82 Å². The molecule has 0 spiro atoms. The molecule has 0 amide bonds. The van der Waals surface area contributed by atoms with Crippen LogP contribution >= 0.6 is 0 Å². The third-order valence-electron chi connectivity index (χ3n) is 3.73. The van der Waals surface area contributed by atoms with Gasteiger partial charge >= 0.3 is 0 Å². The lowest BCUT2D eigenvalue weighted by Crippen LogP contribution is -2.41. The van der Waals surface area contributed by atoms with Crippen LogP contribution in [-0.4, -0.2) is 37.4 Å². The molecule has 0 aliphatic carbocycles. The normalized spacial score (nSPS) is 12.4. The van der Waals surface area contributed by atoms with Crippen molar-refractivity contribution in [3.05, 3.63) is 53.8 Å². The lowest BCUT2D eigenvalue weighted by Gasteiger charge is -2.18. The van der Waals surface area contributed by atoms with Gasteiger partial charge in [-0.2, -0.15) is 0 Å². The third-order valence-corrected chi connectivity index (χ3v) is 3.73. The summed E-state index contributed by atoms with van der Waals surface area (Å²) in [7, 11) is 1.50. The van der Waals surface area contributed by atoms with Crippen molar-refractivity contribution in [2.45, 2.75) is 26.5 Å². The maximum Gasteiger partial charge on any atom is 0.191 e. The van der Waals surface area contributed by atoms with E-state index in [2.05, 4.69) is 15.6 Å². The first-order chi connectivity index (χ1) is 13.0. The van der Waals surface area contributed by atoms with Gasteiger partial charge in [0.2, 0.25) is 0 Å². The molecule has 1 unspecified atom stereocenters. The van der Waals surface area contributed by atoms with Gasteiger partial charge in [-0.15, -0.1) is 0 Å². The molecular formula is C20H26FN3O3. The van der Waals surface area contributed by atoms with Crippen LogP contribution in [-0.2, 0) is 6.54 Å². The zero-order valence-corrected chi connectivity index (χ0v) is 15.8. The van der Waals surface area contributed by atoms with E-state index in [9.17, 15) is 9.50 Å². The molecule has 2 rings (SSSR count). The fourth-order valence-electron chi connectivity index (χ4n) is 2.39. The van der Waals surface area contributed by atoms with Crippen molar-refractivity contribution in [1.29, 1.82) is 0 Å². The van der Waals surface area contributed by atoms with Crippen molar-refractivity contribution in [2.75, 3.05) is 20.2 Å². The van der Waals surface area contributed by atoms with Gasteiger partial charge in [-0.25, -0.2) is 9.38 Å². The molecule has 0 radical (unpaired) electrons. The van der Waals surface area contributed by atoms with Gasteiger partial charge in [0.1, 0.15) is 6.10 Å². The number of phenolic OH excluding ortho intramolecular Hbond substituents is 1. The Morgan fingerprint density at radius 1 is 1.19 bits per heavy atom. The molecule has 2 aromatic carbocycles. The number of methoxy groups -OCH3 is 1. The van der Waals surface area contributed by atoms with Crippen LogP contribution in [0.2, 0.25) is 0 Å². The molecule has 0 aliphatic rings. The molecule has 1 atom stereocenters. The average molecular weight is 375 g/mol. The zero-order chi connectivity index (χ0) is 19.6. The Balaban J connectivity index is 1.93. The summed E-state index contributed by atoms with van der Waals surface area (Å²) >= 11 is 0. The van der Waals surface area contributed by atoms with Crippen LogP contribution < -0.4 is 20.1 Å². The SMILES string of the molecule is CCNC(=NCc1ccc(OC)c(O)c1)NCC(C)Oc1ccccc1F. The maximum absolute atomic E-state index is 13.7. The Hall–Kier alpha value is -2.96. The molecule has 0 bridgehead atoms. The van der Waals surface area contributed by atoms with Crippen molar-refractivity contribution in [3.63, 3.8) is 0 Å². The standard InChI is InChI=1S/C20H26FN3O3/c1-4-22-20(24-13-15-9-10-19(26-3)17(25)11-15)23-12-14(2)27-18-8-6-5-7-16(18)21/h5-11,14,25H,4,12-13H2,1-3H3,(H2,22,23,24). The van der Waals surface area contributed by atoms with Gasteiger partial charge in [0.05, 0.1) is 20.2 Å². The Bertz CT molecular complexity index is 768. The van der Waals surface area contributed by atoms with Crippen LogP contribution in [0.4, 0.5) is 4.39 Å². The van der Waals surface area contributed by atoms with E-state index in [1.807, 2.05) is 19.9 Å². The summed E-state index contributed by atoms with van der Waals surface area (Å²) in [5.41, 5.74) is 0.848. The average Bonchev–Trinajstić information content (AvgIpc) is 2.66. The van der Waals surface area contributed by atoms with Crippen LogP contribution in [0.1, 0.15) is 19.4 Å². The fraction of sp³-hybridized carbons (Fsp3) is 0.350. The molecule has 0 heterocycles. The monoisotopic (exact) mass is 375 g/mol. The number of aromatic hydroxyl groups is 1. The largest absolute Gasteiger partial charge is 0.504 e. The molecule has 0 aliphatic heterocycles. The number of halogens is 1. The summed E-state index contributed by atoms with van der Waals surface area (Å²) in [5.74, 6) is 0.949. The number of guanidine groups is 1. The highest BCUT2D eigenvalue weighted by atomic mass is 19.1. The smallest absolute Gasteiger partial charge is 0.191 e. The molecule has 7 heteroatoms. The summed E-state index contributed by atoms with van der Waals surface area (Å²) in [6.07, 6.45) is -0.254. The van der Waals surface area contributed by atoms with E-state index >= 15 is 0 Å². The van der Waals surface area contributed by atoms with Crippen LogP contribution in [0.25, 0.3) is 0 Å². The topological polar surface area (TPSA) is 75.1 Å². The van der Waals surface area contributed by atoms with Gasteiger partial charge < -0.3 is 25.2 Å². The predicted molar refractivity (Wildman–Crippen MR) is 104 cm³/mol. The number of nitrogens with zero attached hydrogens (tertiary/aromatic N) is 1. The van der Waals surface area contributed by atoms with Gasteiger partial charge in [-0.3, -0.25) is 0 Å². The summed E-state index contributed by atoms with van der Waals surface area (Å²) in [6, 6.07) is 11.5. The highest BCUT2D eigenvalue weighted by Gasteiger charge is 2.09. The zero-order valence-electron chi connectivity index (χ0n) is 15.8. The van der Waals surface area contributed by atoms with Crippen molar-refractivity contribution in [1.82, 2.24) is 10.6 Å². The van der Waals surface area contributed by atoms with Crippen molar-refractivity contribution in [2.24, 2.45) is 4.99 Å². The molecule has 146 valence electrons. The number of nitrogens with one attached hydrogen (secondary N) is 2. The van der Waals surface area contributed by atoms with E-state index in [4.69, 9.17) is 9.47 Å². The second kappa shape index (κ2) is 10.3. The molecule has 0 saturated heterocycles. The first kappa shape index (κ1) is 20.4. The predicted octanol–water partition coefficient (Wildman–Crippen LogP) is 3.06. The Morgan fingerprint density at radius 3 is 2.63 bits per heavy atom. The molecule has 0 fully saturated rings. The van der Waals surface area contributed by atoms with Gasteiger partial charge in [0, 0.05) is 6.54 Å². The molecule has 0 saturated carbocycles. The van der Waals surface area contributed by atoms with Gasteiger partial charge in [0.15, 0.2) is 29.0 Å². The highest BCUT2D eigenvalue weighted by molar-refractivity contribution is 5.79. The number of ether oxygens (including phenoxy) is 2. The number of aliphatic imine (C=N–C) groups is 1.